The molecule has 0 heterocycles. The summed E-state index contributed by atoms with van der Waals surface area (Å²) < 4.78 is 28.9. The lowest BCUT2D eigenvalue weighted by molar-refractivity contribution is -0.384. The van der Waals surface area contributed by atoms with Crippen LogP contribution in [0.2, 0.25) is 0 Å². The molecule has 0 atom stereocenters. The van der Waals surface area contributed by atoms with Crippen LogP contribution in [-0.2, 0) is 4.79 Å². The molecule has 0 bridgehead atoms. The fourth-order valence-corrected chi connectivity index (χ4v) is 2.47. The van der Waals surface area contributed by atoms with Crippen molar-refractivity contribution < 1.29 is 23.2 Å². The summed E-state index contributed by atoms with van der Waals surface area (Å²) >= 11 is 1.16. The predicted octanol–water partition coefficient (Wildman–Crippen LogP) is 3.93. The summed E-state index contributed by atoms with van der Waals surface area (Å²) in [4.78, 5) is 22.6. The number of carbonyl (C=O) groups excluding carboxylic acids is 1. The summed E-state index contributed by atoms with van der Waals surface area (Å²) in [5.41, 5.74) is 0.106. The van der Waals surface area contributed by atoms with E-state index in [-0.39, 0.29) is 22.9 Å². The van der Waals surface area contributed by atoms with Crippen molar-refractivity contribution in [3.05, 3.63) is 58.6 Å². The fraction of sp³-hybridized carbons (Fsp3) is 0.133. The number of rotatable bonds is 7. The molecule has 0 saturated heterocycles. The Labute approximate surface area is 140 Å². The molecule has 0 unspecified atom stereocenters. The lowest BCUT2D eigenvalue weighted by Gasteiger charge is -2.11. The largest absolute Gasteiger partial charge is 0.433 e. The standard InChI is InChI=1S/C15H12F2N2O4S/c16-15(17)23-13-4-2-1-3-12(13)18-14(20)9-24-11-7-5-10(6-8-11)19(21)22/h1-8,15H,9H2,(H,18,20). The zero-order chi connectivity index (χ0) is 17.5. The maximum absolute atomic E-state index is 12.3. The van der Waals surface area contributed by atoms with Gasteiger partial charge in [0.1, 0.15) is 5.75 Å². The van der Waals surface area contributed by atoms with E-state index in [9.17, 15) is 23.7 Å². The van der Waals surface area contributed by atoms with Crippen molar-refractivity contribution in [3.63, 3.8) is 0 Å². The van der Waals surface area contributed by atoms with Crippen molar-refractivity contribution in [2.24, 2.45) is 0 Å². The number of ether oxygens (including phenoxy) is 1. The van der Waals surface area contributed by atoms with Gasteiger partial charge in [0, 0.05) is 17.0 Å². The number of benzene rings is 2. The highest BCUT2D eigenvalue weighted by Crippen LogP contribution is 2.26. The number of carbonyl (C=O) groups is 1. The number of non-ortho nitro benzene ring substituents is 1. The first kappa shape index (κ1) is 17.7. The second kappa shape index (κ2) is 8.25. The Hall–Kier alpha value is -2.68. The smallest absolute Gasteiger partial charge is 0.387 e. The van der Waals surface area contributed by atoms with Gasteiger partial charge in [0.15, 0.2) is 0 Å². The minimum Gasteiger partial charge on any atom is -0.433 e. The molecule has 0 radical (unpaired) electrons. The molecule has 0 aliphatic heterocycles. The summed E-state index contributed by atoms with van der Waals surface area (Å²) in [5, 5.41) is 13.0. The lowest BCUT2D eigenvalue weighted by Crippen LogP contribution is -2.15. The van der Waals surface area contributed by atoms with Crippen LogP contribution < -0.4 is 10.1 Å². The molecule has 126 valence electrons. The normalized spacial score (nSPS) is 10.5. The number of hydrogen-bond donors (Lipinski definition) is 1. The van der Waals surface area contributed by atoms with Crippen LogP contribution in [0, 0.1) is 10.1 Å². The second-order valence-corrected chi connectivity index (χ2v) is 5.51. The van der Waals surface area contributed by atoms with E-state index in [1.165, 1.54) is 42.5 Å². The predicted molar refractivity (Wildman–Crippen MR) is 85.5 cm³/mol. The molecule has 0 fully saturated rings. The highest BCUT2D eigenvalue weighted by Gasteiger charge is 2.12. The average Bonchev–Trinajstić information content (AvgIpc) is 2.54. The van der Waals surface area contributed by atoms with E-state index in [2.05, 4.69) is 10.1 Å². The highest BCUT2D eigenvalue weighted by atomic mass is 32.2. The minimum atomic E-state index is -2.99. The first-order valence-corrected chi connectivity index (χ1v) is 7.65. The molecule has 2 aromatic rings. The number of thioether (sulfide) groups is 1. The Bertz CT molecular complexity index is 726. The van der Waals surface area contributed by atoms with Gasteiger partial charge in [-0.05, 0) is 24.3 Å². The SMILES string of the molecule is O=C(CSc1ccc([N+](=O)[O-])cc1)Nc1ccccc1OC(F)F. The van der Waals surface area contributed by atoms with Crippen LogP contribution in [0.5, 0.6) is 5.75 Å². The Balaban J connectivity index is 1.93. The maximum atomic E-state index is 12.3. The lowest BCUT2D eigenvalue weighted by atomic mass is 10.3. The van der Waals surface area contributed by atoms with Crippen LogP contribution in [0.1, 0.15) is 0 Å². The van der Waals surface area contributed by atoms with Crippen LogP contribution in [0.4, 0.5) is 20.2 Å². The molecule has 9 heteroatoms. The highest BCUT2D eigenvalue weighted by molar-refractivity contribution is 8.00. The molecule has 0 aliphatic rings. The molecule has 24 heavy (non-hydrogen) atoms. The van der Waals surface area contributed by atoms with Gasteiger partial charge in [-0.15, -0.1) is 11.8 Å². The summed E-state index contributed by atoms with van der Waals surface area (Å²) in [7, 11) is 0. The van der Waals surface area contributed by atoms with E-state index in [4.69, 9.17) is 0 Å². The van der Waals surface area contributed by atoms with Gasteiger partial charge in [-0.3, -0.25) is 14.9 Å². The van der Waals surface area contributed by atoms with Crippen LogP contribution >= 0.6 is 11.8 Å². The molecule has 1 N–H and O–H groups in total. The number of nitro benzene ring substituents is 1. The summed E-state index contributed by atoms with van der Waals surface area (Å²) in [5.74, 6) is -0.522. The molecular formula is C15H12F2N2O4S. The molecule has 2 aromatic carbocycles. The third-order valence-corrected chi connectivity index (χ3v) is 3.81. The number of amides is 1. The molecule has 0 aromatic heterocycles. The molecule has 1 amide bonds. The van der Waals surface area contributed by atoms with Gasteiger partial charge in [-0.2, -0.15) is 8.78 Å². The molecule has 2 rings (SSSR count). The van der Waals surface area contributed by atoms with E-state index in [0.29, 0.717) is 4.90 Å². The molecule has 6 nitrogen and oxygen atoms in total. The van der Waals surface area contributed by atoms with E-state index < -0.39 is 17.4 Å². The number of nitrogens with one attached hydrogen (secondary N) is 1. The van der Waals surface area contributed by atoms with Crippen LogP contribution in [-0.4, -0.2) is 23.2 Å². The average molecular weight is 354 g/mol. The summed E-state index contributed by atoms with van der Waals surface area (Å²) in [6.07, 6.45) is 0. The van der Waals surface area contributed by atoms with Crippen molar-refractivity contribution in [1.82, 2.24) is 0 Å². The van der Waals surface area contributed by atoms with Gasteiger partial charge < -0.3 is 10.1 Å². The van der Waals surface area contributed by atoms with Crippen molar-refractivity contribution in [1.29, 1.82) is 0 Å². The number of para-hydroxylation sites is 2. The molecule has 0 spiro atoms. The first-order chi connectivity index (χ1) is 11.5. The number of nitro groups is 1. The molecule has 0 saturated carbocycles. The van der Waals surface area contributed by atoms with Crippen LogP contribution in [0.15, 0.2) is 53.4 Å². The summed E-state index contributed by atoms with van der Waals surface area (Å²) in [6.45, 7) is -2.99. The Morgan fingerprint density at radius 3 is 2.50 bits per heavy atom. The number of alkyl halides is 2. The van der Waals surface area contributed by atoms with Crippen LogP contribution in [0.25, 0.3) is 0 Å². The van der Waals surface area contributed by atoms with Crippen molar-refractivity contribution in [2.75, 3.05) is 11.1 Å². The molecule has 0 aliphatic carbocycles. The van der Waals surface area contributed by atoms with Gasteiger partial charge >= 0.3 is 6.61 Å². The van der Waals surface area contributed by atoms with Crippen molar-refractivity contribution in [2.45, 2.75) is 11.5 Å². The number of halogens is 2. The zero-order valence-corrected chi connectivity index (χ0v) is 13.0. The maximum Gasteiger partial charge on any atom is 0.387 e. The summed E-state index contributed by atoms with van der Waals surface area (Å²) in [6, 6.07) is 11.6. The monoisotopic (exact) mass is 354 g/mol. The number of hydrogen-bond acceptors (Lipinski definition) is 5. The fourth-order valence-electron chi connectivity index (χ4n) is 1.77. The topological polar surface area (TPSA) is 81.5 Å². The molecular weight excluding hydrogens is 342 g/mol. The quantitative estimate of drug-likeness (QED) is 0.463. The third-order valence-electron chi connectivity index (χ3n) is 2.79. The Kier molecular flexibility index (Phi) is 6.07. The van der Waals surface area contributed by atoms with E-state index in [1.807, 2.05) is 0 Å². The number of anilines is 1. The Morgan fingerprint density at radius 1 is 1.21 bits per heavy atom. The minimum absolute atomic E-state index is 0.0147. The first-order valence-electron chi connectivity index (χ1n) is 6.66. The van der Waals surface area contributed by atoms with E-state index >= 15 is 0 Å². The van der Waals surface area contributed by atoms with E-state index in [0.717, 1.165) is 11.8 Å². The van der Waals surface area contributed by atoms with Gasteiger partial charge in [-0.1, -0.05) is 12.1 Å². The zero-order valence-electron chi connectivity index (χ0n) is 12.1. The third kappa shape index (κ3) is 5.20. The van der Waals surface area contributed by atoms with Gasteiger partial charge in [-0.25, -0.2) is 0 Å². The van der Waals surface area contributed by atoms with Crippen LogP contribution in [0.3, 0.4) is 0 Å². The van der Waals surface area contributed by atoms with E-state index in [1.54, 1.807) is 6.07 Å². The Morgan fingerprint density at radius 2 is 1.88 bits per heavy atom. The van der Waals surface area contributed by atoms with Crippen molar-refractivity contribution >= 4 is 29.0 Å². The van der Waals surface area contributed by atoms with Crippen molar-refractivity contribution in [3.8, 4) is 5.75 Å². The van der Waals surface area contributed by atoms with Gasteiger partial charge in [0.25, 0.3) is 5.69 Å². The van der Waals surface area contributed by atoms with Gasteiger partial charge in [0.05, 0.1) is 16.4 Å². The second-order valence-electron chi connectivity index (χ2n) is 4.46. The number of nitrogens with zero attached hydrogens (tertiary/aromatic N) is 1. The van der Waals surface area contributed by atoms with Gasteiger partial charge in [0.2, 0.25) is 5.91 Å².